The Labute approximate surface area is 150 Å². The van der Waals surface area contributed by atoms with Gasteiger partial charge in [-0.05, 0) is 31.2 Å². The number of aryl methyl sites for hydroxylation is 1. The van der Waals surface area contributed by atoms with E-state index in [1.54, 1.807) is 11.8 Å². The third-order valence-electron chi connectivity index (χ3n) is 3.49. The van der Waals surface area contributed by atoms with Gasteiger partial charge < -0.3 is 9.30 Å². The van der Waals surface area contributed by atoms with Crippen molar-refractivity contribution in [3.8, 4) is 17.1 Å². The van der Waals surface area contributed by atoms with Crippen molar-refractivity contribution in [3.63, 3.8) is 0 Å². The Morgan fingerprint density at radius 3 is 2.75 bits per heavy atom. The average molecular weight is 360 g/mol. The zero-order chi connectivity index (χ0) is 16.9. The van der Waals surface area contributed by atoms with Crippen LogP contribution in [-0.4, -0.2) is 27.1 Å². The predicted molar refractivity (Wildman–Crippen MR) is 98.8 cm³/mol. The number of thioether (sulfide) groups is 1. The Bertz CT molecular complexity index is 835. The summed E-state index contributed by atoms with van der Waals surface area (Å²) in [5.74, 6) is 2.44. The van der Waals surface area contributed by atoms with Crippen molar-refractivity contribution in [3.05, 3.63) is 59.1 Å². The van der Waals surface area contributed by atoms with Crippen molar-refractivity contribution >= 4 is 23.4 Å². The van der Waals surface area contributed by atoms with Gasteiger partial charge >= 0.3 is 0 Å². The monoisotopic (exact) mass is 359 g/mol. The van der Waals surface area contributed by atoms with E-state index < -0.39 is 0 Å². The molecule has 0 aliphatic heterocycles. The van der Waals surface area contributed by atoms with Gasteiger partial charge in [-0.25, -0.2) is 0 Å². The van der Waals surface area contributed by atoms with E-state index in [4.69, 9.17) is 16.3 Å². The van der Waals surface area contributed by atoms with Gasteiger partial charge in [-0.1, -0.05) is 53.2 Å². The van der Waals surface area contributed by atoms with Crippen molar-refractivity contribution in [2.45, 2.75) is 12.1 Å². The minimum atomic E-state index is 0.581. The number of aromatic nitrogens is 3. The molecule has 0 atom stereocenters. The maximum absolute atomic E-state index is 5.94. The Morgan fingerprint density at radius 2 is 1.96 bits per heavy atom. The largest absolute Gasteiger partial charge is 0.493 e. The van der Waals surface area contributed by atoms with E-state index in [1.807, 2.05) is 48.0 Å². The normalized spacial score (nSPS) is 10.8. The van der Waals surface area contributed by atoms with Crippen LogP contribution in [0, 0.1) is 6.92 Å². The number of halogens is 1. The lowest BCUT2D eigenvalue weighted by Crippen LogP contribution is -2.02. The SMILES string of the molecule is Cc1cccc(-c2nnc(SCCOc3cccc(Cl)c3)n2C)c1. The van der Waals surface area contributed by atoms with E-state index in [0.29, 0.717) is 11.6 Å². The number of rotatable bonds is 6. The highest BCUT2D eigenvalue weighted by atomic mass is 35.5. The van der Waals surface area contributed by atoms with E-state index in [1.165, 1.54) is 5.56 Å². The van der Waals surface area contributed by atoms with E-state index in [9.17, 15) is 0 Å². The van der Waals surface area contributed by atoms with Gasteiger partial charge in [0.15, 0.2) is 11.0 Å². The number of hydrogen-bond donors (Lipinski definition) is 0. The predicted octanol–water partition coefficient (Wildman–Crippen LogP) is 4.62. The molecule has 4 nitrogen and oxygen atoms in total. The Balaban J connectivity index is 1.58. The topological polar surface area (TPSA) is 39.9 Å². The van der Waals surface area contributed by atoms with Crippen LogP contribution in [0.15, 0.2) is 53.7 Å². The van der Waals surface area contributed by atoms with Crippen LogP contribution in [0.3, 0.4) is 0 Å². The molecule has 0 unspecified atom stereocenters. The fourth-order valence-electron chi connectivity index (χ4n) is 2.33. The molecule has 0 aliphatic carbocycles. The van der Waals surface area contributed by atoms with E-state index >= 15 is 0 Å². The molecule has 6 heteroatoms. The summed E-state index contributed by atoms with van der Waals surface area (Å²) in [6, 6.07) is 15.7. The van der Waals surface area contributed by atoms with Crippen LogP contribution < -0.4 is 4.74 Å². The molecular weight excluding hydrogens is 342 g/mol. The first-order valence-electron chi connectivity index (χ1n) is 7.61. The molecule has 0 bridgehead atoms. The maximum Gasteiger partial charge on any atom is 0.191 e. The van der Waals surface area contributed by atoms with Crippen LogP contribution in [-0.2, 0) is 7.05 Å². The van der Waals surface area contributed by atoms with E-state index in [-0.39, 0.29) is 0 Å². The first kappa shape index (κ1) is 16.9. The molecule has 24 heavy (non-hydrogen) atoms. The number of benzene rings is 2. The highest BCUT2D eigenvalue weighted by Crippen LogP contribution is 2.23. The fraction of sp³-hybridized carbons (Fsp3) is 0.222. The van der Waals surface area contributed by atoms with Gasteiger partial charge in [0.2, 0.25) is 0 Å². The summed E-state index contributed by atoms with van der Waals surface area (Å²) in [5.41, 5.74) is 2.28. The second-order valence-electron chi connectivity index (χ2n) is 5.39. The van der Waals surface area contributed by atoms with Crippen molar-refractivity contribution < 1.29 is 4.74 Å². The zero-order valence-corrected chi connectivity index (χ0v) is 15.1. The van der Waals surface area contributed by atoms with Crippen molar-refractivity contribution in [1.29, 1.82) is 0 Å². The van der Waals surface area contributed by atoms with Crippen LogP contribution in [0.25, 0.3) is 11.4 Å². The molecule has 0 radical (unpaired) electrons. The molecule has 0 spiro atoms. The third-order valence-corrected chi connectivity index (χ3v) is 4.71. The number of hydrogen-bond acceptors (Lipinski definition) is 4. The standard InChI is InChI=1S/C18H18ClN3OS/c1-13-5-3-6-14(11-13)17-20-21-18(22(17)2)24-10-9-23-16-8-4-7-15(19)12-16/h3-8,11-12H,9-10H2,1-2H3. The third kappa shape index (κ3) is 4.10. The second kappa shape index (κ2) is 7.73. The minimum Gasteiger partial charge on any atom is -0.493 e. The van der Waals surface area contributed by atoms with Gasteiger partial charge in [0.1, 0.15) is 5.75 Å². The molecule has 0 amide bonds. The Kier molecular flexibility index (Phi) is 5.43. The van der Waals surface area contributed by atoms with Gasteiger partial charge in [-0.15, -0.1) is 10.2 Å². The maximum atomic E-state index is 5.94. The van der Waals surface area contributed by atoms with Crippen molar-refractivity contribution in [1.82, 2.24) is 14.8 Å². The fourth-order valence-corrected chi connectivity index (χ4v) is 3.23. The zero-order valence-electron chi connectivity index (χ0n) is 13.6. The lowest BCUT2D eigenvalue weighted by molar-refractivity contribution is 0.344. The number of nitrogens with zero attached hydrogens (tertiary/aromatic N) is 3. The molecule has 0 saturated carbocycles. The van der Waals surface area contributed by atoms with E-state index in [2.05, 4.69) is 29.3 Å². The smallest absolute Gasteiger partial charge is 0.191 e. The molecule has 2 aromatic carbocycles. The lowest BCUT2D eigenvalue weighted by atomic mass is 10.1. The molecule has 0 aliphatic rings. The summed E-state index contributed by atoms with van der Waals surface area (Å²) < 4.78 is 7.71. The van der Waals surface area contributed by atoms with Crippen LogP contribution in [0.2, 0.25) is 5.02 Å². The Hall–Kier alpha value is -1.98. The molecule has 3 rings (SSSR count). The molecule has 0 fully saturated rings. The second-order valence-corrected chi connectivity index (χ2v) is 6.89. The van der Waals surface area contributed by atoms with Crippen molar-refractivity contribution in [2.24, 2.45) is 7.05 Å². The average Bonchev–Trinajstić information content (AvgIpc) is 2.93. The summed E-state index contributed by atoms with van der Waals surface area (Å²) in [4.78, 5) is 0. The van der Waals surface area contributed by atoms with E-state index in [0.717, 1.165) is 28.0 Å². The van der Waals surface area contributed by atoms with Crippen molar-refractivity contribution in [2.75, 3.05) is 12.4 Å². The molecule has 124 valence electrons. The summed E-state index contributed by atoms with van der Waals surface area (Å²) in [5, 5.41) is 10.1. The van der Waals surface area contributed by atoms with Gasteiger partial charge in [0.25, 0.3) is 0 Å². The van der Waals surface area contributed by atoms with Crippen LogP contribution in [0.4, 0.5) is 0 Å². The first-order chi connectivity index (χ1) is 11.6. The Morgan fingerprint density at radius 1 is 1.12 bits per heavy atom. The molecule has 3 aromatic rings. The summed E-state index contributed by atoms with van der Waals surface area (Å²) in [7, 11) is 1.98. The summed E-state index contributed by atoms with van der Waals surface area (Å²) in [6.45, 7) is 2.65. The quantitative estimate of drug-likeness (QED) is 0.475. The minimum absolute atomic E-state index is 0.581. The lowest BCUT2D eigenvalue weighted by Gasteiger charge is -2.07. The van der Waals surface area contributed by atoms with Gasteiger partial charge in [-0.3, -0.25) is 0 Å². The summed E-state index contributed by atoms with van der Waals surface area (Å²) >= 11 is 7.56. The van der Waals surface area contributed by atoms with Crippen LogP contribution >= 0.6 is 23.4 Å². The number of ether oxygens (including phenoxy) is 1. The summed E-state index contributed by atoms with van der Waals surface area (Å²) in [6.07, 6.45) is 0. The highest BCUT2D eigenvalue weighted by Gasteiger charge is 2.11. The molecule has 0 saturated heterocycles. The van der Waals surface area contributed by atoms with Crippen LogP contribution in [0.5, 0.6) is 5.75 Å². The first-order valence-corrected chi connectivity index (χ1v) is 8.97. The van der Waals surface area contributed by atoms with Gasteiger partial charge in [0.05, 0.1) is 6.61 Å². The molecular formula is C18H18ClN3OS. The highest BCUT2D eigenvalue weighted by molar-refractivity contribution is 7.99. The van der Waals surface area contributed by atoms with Gasteiger partial charge in [-0.2, -0.15) is 0 Å². The molecule has 1 heterocycles. The molecule has 0 N–H and O–H groups in total. The molecule has 1 aromatic heterocycles. The van der Waals surface area contributed by atoms with Crippen LogP contribution in [0.1, 0.15) is 5.56 Å². The van der Waals surface area contributed by atoms with Gasteiger partial charge in [0, 0.05) is 23.4 Å².